The summed E-state index contributed by atoms with van der Waals surface area (Å²) >= 11 is 0. The summed E-state index contributed by atoms with van der Waals surface area (Å²) < 4.78 is 15.3. The van der Waals surface area contributed by atoms with Gasteiger partial charge >= 0.3 is 11.9 Å². The smallest absolute Gasteiger partial charge is 0.337 e. The first-order chi connectivity index (χ1) is 14.8. The maximum absolute atomic E-state index is 12.0. The number of nitrogens with zero attached hydrogens (tertiary/aromatic N) is 2. The lowest BCUT2D eigenvalue weighted by molar-refractivity contribution is 0.0599. The van der Waals surface area contributed by atoms with E-state index in [-0.39, 0.29) is 28.5 Å². The van der Waals surface area contributed by atoms with Gasteiger partial charge in [-0.3, -0.25) is 0 Å². The number of methoxy groups -OCH3 is 2. The van der Waals surface area contributed by atoms with Crippen LogP contribution in [0.25, 0.3) is 0 Å². The Morgan fingerprint density at radius 2 is 1.55 bits per heavy atom. The molecule has 1 aromatic heterocycles. The monoisotopic (exact) mass is 422 g/mol. The molecule has 160 valence electrons. The van der Waals surface area contributed by atoms with E-state index in [1.165, 1.54) is 38.7 Å². The van der Waals surface area contributed by atoms with Crippen LogP contribution in [0, 0.1) is 13.8 Å². The number of anilines is 3. The molecule has 0 saturated heterocycles. The largest absolute Gasteiger partial charge is 0.465 e. The molecule has 0 amide bonds. The predicted octanol–water partition coefficient (Wildman–Crippen LogP) is 3.78. The van der Waals surface area contributed by atoms with E-state index in [1.807, 2.05) is 32.0 Å². The van der Waals surface area contributed by atoms with Crippen molar-refractivity contribution in [2.45, 2.75) is 13.8 Å². The Morgan fingerprint density at radius 1 is 0.903 bits per heavy atom. The van der Waals surface area contributed by atoms with E-state index in [2.05, 4.69) is 15.3 Å². The van der Waals surface area contributed by atoms with Crippen molar-refractivity contribution in [3.05, 3.63) is 65.0 Å². The molecule has 0 spiro atoms. The first-order valence-corrected chi connectivity index (χ1v) is 9.26. The maximum atomic E-state index is 12.0. The van der Waals surface area contributed by atoms with Gasteiger partial charge in [-0.25, -0.2) is 14.6 Å². The number of hydrogen-bond acceptors (Lipinski definition) is 9. The molecule has 3 N–H and O–H groups in total. The summed E-state index contributed by atoms with van der Waals surface area (Å²) in [6.45, 7) is 3.98. The van der Waals surface area contributed by atoms with E-state index >= 15 is 0 Å². The molecule has 9 nitrogen and oxygen atoms in total. The van der Waals surface area contributed by atoms with Gasteiger partial charge in [0.25, 0.3) is 0 Å². The second kappa shape index (κ2) is 9.12. The van der Waals surface area contributed by atoms with Crippen LogP contribution in [0.4, 0.5) is 17.2 Å². The Kier molecular flexibility index (Phi) is 6.35. The minimum absolute atomic E-state index is 0.156. The molecule has 2 aromatic carbocycles. The van der Waals surface area contributed by atoms with Gasteiger partial charge in [-0.2, -0.15) is 4.98 Å². The Morgan fingerprint density at radius 3 is 2.13 bits per heavy atom. The van der Waals surface area contributed by atoms with Crippen molar-refractivity contribution in [3.63, 3.8) is 0 Å². The van der Waals surface area contributed by atoms with Crippen LogP contribution in [0.3, 0.4) is 0 Å². The van der Waals surface area contributed by atoms with E-state index in [0.29, 0.717) is 11.4 Å². The average Bonchev–Trinajstić information content (AvgIpc) is 2.77. The van der Waals surface area contributed by atoms with Crippen LogP contribution in [-0.2, 0) is 9.47 Å². The van der Waals surface area contributed by atoms with Gasteiger partial charge in [0.15, 0.2) is 5.82 Å². The number of nitrogens with one attached hydrogen (secondary N) is 1. The van der Waals surface area contributed by atoms with Gasteiger partial charge in [-0.05, 0) is 55.3 Å². The first kappa shape index (κ1) is 21.6. The standard InChI is InChI=1S/C22H22N4O5/c1-12-5-6-17(7-13(12)2)31-20-18(23)19(24-11-25-20)26-16-9-14(21(27)29-3)8-15(10-16)22(28)30-4/h5-11H,23H2,1-4H3,(H,24,25,26). The van der Waals surface area contributed by atoms with Crippen LogP contribution in [0.5, 0.6) is 11.6 Å². The van der Waals surface area contributed by atoms with Gasteiger partial charge in [-0.1, -0.05) is 6.07 Å². The van der Waals surface area contributed by atoms with Crippen LogP contribution in [-0.4, -0.2) is 36.1 Å². The van der Waals surface area contributed by atoms with Crippen molar-refractivity contribution in [1.29, 1.82) is 0 Å². The fourth-order valence-corrected chi connectivity index (χ4v) is 2.76. The summed E-state index contributed by atoms with van der Waals surface area (Å²) in [6, 6.07) is 10.0. The highest BCUT2D eigenvalue weighted by Crippen LogP contribution is 2.32. The van der Waals surface area contributed by atoms with E-state index in [9.17, 15) is 9.59 Å². The lowest BCUT2D eigenvalue weighted by atomic mass is 10.1. The average molecular weight is 422 g/mol. The molecule has 0 saturated carbocycles. The number of carbonyl (C=O) groups excluding carboxylic acids is 2. The number of rotatable bonds is 6. The Balaban J connectivity index is 1.93. The molecule has 0 radical (unpaired) electrons. The van der Waals surface area contributed by atoms with E-state index < -0.39 is 11.9 Å². The van der Waals surface area contributed by atoms with Crippen molar-refractivity contribution in [1.82, 2.24) is 9.97 Å². The SMILES string of the molecule is COC(=O)c1cc(Nc2ncnc(Oc3ccc(C)c(C)c3)c2N)cc(C(=O)OC)c1. The number of benzene rings is 2. The first-order valence-electron chi connectivity index (χ1n) is 9.26. The van der Waals surface area contributed by atoms with E-state index in [1.54, 1.807) is 0 Å². The fraction of sp³-hybridized carbons (Fsp3) is 0.182. The summed E-state index contributed by atoms with van der Waals surface area (Å²) in [5.74, 6) is -0.226. The fourth-order valence-electron chi connectivity index (χ4n) is 2.76. The topological polar surface area (TPSA) is 126 Å². The zero-order chi connectivity index (χ0) is 22.5. The molecular formula is C22H22N4O5. The van der Waals surface area contributed by atoms with Crippen molar-refractivity contribution in [3.8, 4) is 11.6 Å². The van der Waals surface area contributed by atoms with Gasteiger partial charge < -0.3 is 25.3 Å². The number of aromatic nitrogens is 2. The second-order valence-corrected chi connectivity index (χ2v) is 6.70. The Labute approximate surface area is 179 Å². The molecule has 0 aliphatic carbocycles. The van der Waals surface area contributed by atoms with Crippen molar-refractivity contribution in [2.24, 2.45) is 0 Å². The summed E-state index contributed by atoms with van der Waals surface area (Å²) in [5.41, 5.74) is 9.26. The quantitative estimate of drug-likeness (QED) is 0.571. The van der Waals surface area contributed by atoms with E-state index in [0.717, 1.165) is 11.1 Å². The summed E-state index contributed by atoms with van der Waals surface area (Å²) in [6.07, 6.45) is 1.29. The molecule has 0 aliphatic heterocycles. The highest BCUT2D eigenvalue weighted by molar-refractivity contribution is 5.97. The van der Waals surface area contributed by atoms with Gasteiger partial charge in [0.05, 0.1) is 25.3 Å². The highest BCUT2D eigenvalue weighted by Gasteiger charge is 2.16. The molecule has 0 atom stereocenters. The van der Waals surface area contributed by atoms with Crippen LogP contribution in [0.15, 0.2) is 42.7 Å². The van der Waals surface area contributed by atoms with Crippen LogP contribution < -0.4 is 15.8 Å². The molecule has 0 fully saturated rings. The Hall–Kier alpha value is -4.14. The second-order valence-electron chi connectivity index (χ2n) is 6.70. The van der Waals surface area contributed by atoms with Crippen LogP contribution >= 0.6 is 0 Å². The van der Waals surface area contributed by atoms with E-state index in [4.69, 9.17) is 19.9 Å². The number of carbonyl (C=O) groups is 2. The molecule has 0 aliphatic rings. The normalized spacial score (nSPS) is 10.3. The molecule has 31 heavy (non-hydrogen) atoms. The van der Waals surface area contributed by atoms with Gasteiger partial charge in [-0.15, -0.1) is 0 Å². The molecule has 1 heterocycles. The lowest BCUT2D eigenvalue weighted by Crippen LogP contribution is -2.09. The summed E-state index contributed by atoms with van der Waals surface area (Å²) in [4.78, 5) is 32.2. The molecule has 0 unspecified atom stereocenters. The number of hydrogen-bond donors (Lipinski definition) is 2. The zero-order valence-electron chi connectivity index (χ0n) is 17.6. The van der Waals surface area contributed by atoms with Crippen molar-refractivity contribution < 1.29 is 23.8 Å². The number of nitrogens with two attached hydrogens (primary N) is 1. The lowest BCUT2D eigenvalue weighted by Gasteiger charge is -2.13. The number of esters is 2. The highest BCUT2D eigenvalue weighted by atomic mass is 16.5. The van der Waals surface area contributed by atoms with Crippen molar-refractivity contribution in [2.75, 3.05) is 25.3 Å². The minimum atomic E-state index is -0.608. The predicted molar refractivity (Wildman–Crippen MR) is 115 cm³/mol. The molecule has 3 rings (SSSR count). The number of ether oxygens (including phenoxy) is 3. The summed E-state index contributed by atoms with van der Waals surface area (Å²) in [5, 5.41) is 2.99. The van der Waals surface area contributed by atoms with Crippen molar-refractivity contribution >= 4 is 29.1 Å². The molecular weight excluding hydrogens is 400 g/mol. The number of aryl methyl sites for hydroxylation is 2. The van der Waals surface area contributed by atoms with Gasteiger partial charge in [0.2, 0.25) is 5.88 Å². The molecule has 3 aromatic rings. The van der Waals surface area contributed by atoms with Gasteiger partial charge in [0, 0.05) is 5.69 Å². The number of nitrogen functional groups attached to an aromatic ring is 1. The molecule has 0 bridgehead atoms. The summed E-state index contributed by atoms with van der Waals surface area (Å²) in [7, 11) is 2.50. The maximum Gasteiger partial charge on any atom is 0.337 e. The molecule has 9 heteroatoms. The van der Waals surface area contributed by atoms with Gasteiger partial charge in [0.1, 0.15) is 17.8 Å². The third kappa shape index (κ3) is 4.89. The minimum Gasteiger partial charge on any atom is -0.465 e. The zero-order valence-corrected chi connectivity index (χ0v) is 17.6. The van der Waals surface area contributed by atoms with Crippen LogP contribution in [0.2, 0.25) is 0 Å². The van der Waals surface area contributed by atoms with Crippen LogP contribution in [0.1, 0.15) is 31.8 Å². The third-order valence-corrected chi connectivity index (χ3v) is 4.58. The third-order valence-electron chi connectivity index (χ3n) is 4.58. The Bertz CT molecular complexity index is 1110.